The van der Waals surface area contributed by atoms with Crippen LogP contribution in [0.2, 0.25) is 0 Å². The maximum absolute atomic E-state index is 12.6. The van der Waals surface area contributed by atoms with Crippen LogP contribution >= 0.6 is 0 Å². The molecule has 0 saturated heterocycles. The van der Waals surface area contributed by atoms with Crippen molar-refractivity contribution in [1.82, 2.24) is 4.90 Å². The monoisotopic (exact) mass is 495 g/mol. The Labute approximate surface area is 211 Å². The molecule has 2 N–H and O–H groups in total. The van der Waals surface area contributed by atoms with E-state index < -0.39 is 23.3 Å². The minimum atomic E-state index is -0.743. The number of ether oxygens (including phenoxy) is 3. The molecule has 192 valence electrons. The number of hydrogen-bond acceptors (Lipinski definition) is 6. The lowest BCUT2D eigenvalue weighted by atomic mass is 10.1. The van der Waals surface area contributed by atoms with E-state index >= 15 is 0 Å². The summed E-state index contributed by atoms with van der Waals surface area (Å²) >= 11 is 0. The molecule has 0 radical (unpaired) electrons. The molecule has 0 saturated carbocycles. The number of esters is 1. The number of nitrogens with zero attached hydrogens (tertiary/aromatic N) is 2. The zero-order chi connectivity index (χ0) is 26.7. The Hall–Kier alpha value is -3.88. The summed E-state index contributed by atoms with van der Waals surface area (Å²) in [6.07, 6.45) is -0.743. The largest absolute Gasteiger partial charge is 0.489 e. The van der Waals surface area contributed by atoms with E-state index in [0.717, 1.165) is 11.1 Å². The molecule has 1 heterocycles. The van der Waals surface area contributed by atoms with Gasteiger partial charge in [0.05, 0.1) is 0 Å². The van der Waals surface area contributed by atoms with Crippen LogP contribution in [0, 0.1) is 0 Å². The molecule has 36 heavy (non-hydrogen) atoms. The van der Waals surface area contributed by atoms with Crippen molar-refractivity contribution in [2.75, 3.05) is 6.54 Å². The number of amidine groups is 1. The number of nitrogens with two attached hydrogens (primary N) is 1. The highest BCUT2D eigenvalue weighted by Gasteiger charge is 2.30. The molecule has 0 aromatic heterocycles. The van der Waals surface area contributed by atoms with Gasteiger partial charge in [0.1, 0.15) is 35.9 Å². The van der Waals surface area contributed by atoms with Crippen molar-refractivity contribution in [1.29, 1.82) is 0 Å². The molecule has 9 nitrogen and oxygen atoms in total. The molecule has 0 aliphatic carbocycles. The number of amides is 2. The van der Waals surface area contributed by atoms with E-state index in [0.29, 0.717) is 23.4 Å². The van der Waals surface area contributed by atoms with Gasteiger partial charge >= 0.3 is 12.1 Å². The third-order valence-corrected chi connectivity index (χ3v) is 4.96. The number of rotatable bonds is 6. The van der Waals surface area contributed by atoms with Crippen molar-refractivity contribution in [3.63, 3.8) is 0 Å². The molecule has 0 spiro atoms. The second-order valence-corrected chi connectivity index (χ2v) is 10.5. The Balaban J connectivity index is 1.58. The predicted octanol–water partition coefficient (Wildman–Crippen LogP) is 4.20. The molecule has 1 aliphatic heterocycles. The number of aliphatic imine (C=N–C) groups is 1. The average molecular weight is 496 g/mol. The normalized spacial score (nSPS) is 13.9. The quantitative estimate of drug-likeness (QED) is 0.362. The first-order chi connectivity index (χ1) is 16.7. The predicted molar refractivity (Wildman–Crippen MR) is 135 cm³/mol. The van der Waals surface area contributed by atoms with Crippen molar-refractivity contribution in [2.45, 2.75) is 65.9 Å². The van der Waals surface area contributed by atoms with E-state index in [1.165, 1.54) is 4.90 Å². The Kier molecular flexibility index (Phi) is 7.71. The van der Waals surface area contributed by atoms with Crippen LogP contribution < -0.4 is 10.5 Å². The number of carbonyl (C=O) groups excluding carboxylic acids is 3. The van der Waals surface area contributed by atoms with Crippen molar-refractivity contribution in [2.24, 2.45) is 10.7 Å². The fourth-order valence-electron chi connectivity index (χ4n) is 3.49. The number of fused-ring (bicyclic) bond motifs is 1. The minimum absolute atomic E-state index is 0.0657. The Morgan fingerprint density at radius 1 is 0.972 bits per heavy atom. The van der Waals surface area contributed by atoms with Crippen LogP contribution in [-0.2, 0) is 27.4 Å². The molecule has 1 aliphatic rings. The third-order valence-electron chi connectivity index (χ3n) is 4.96. The maximum Gasteiger partial charge on any atom is 0.436 e. The van der Waals surface area contributed by atoms with Gasteiger partial charge in [-0.1, -0.05) is 24.3 Å². The fraction of sp³-hybridized carbons (Fsp3) is 0.407. The van der Waals surface area contributed by atoms with Gasteiger partial charge in [0, 0.05) is 17.7 Å². The zero-order valence-corrected chi connectivity index (χ0v) is 21.6. The molecular weight excluding hydrogens is 462 g/mol. The van der Waals surface area contributed by atoms with Crippen LogP contribution in [0.15, 0.2) is 47.5 Å². The zero-order valence-electron chi connectivity index (χ0n) is 21.6. The maximum atomic E-state index is 12.6. The fourth-order valence-corrected chi connectivity index (χ4v) is 3.49. The van der Waals surface area contributed by atoms with E-state index in [1.54, 1.807) is 65.8 Å². The van der Waals surface area contributed by atoms with Crippen LogP contribution in [0.1, 0.15) is 68.6 Å². The summed E-state index contributed by atoms with van der Waals surface area (Å²) in [6, 6.07) is 12.4. The average Bonchev–Trinajstić information content (AvgIpc) is 3.04. The van der Waals surface area contributed by atoms with Gasteiger partial charge in [-0.3, -0.25) is 9.59 Å². The number of hydrogen-bond donors (Lipinski definition) is 1. The highest BCUT2D eigenvalue weighted by atomic mass is 16.6. The van der Waals surface area contributed by atoms with Gasteiger partial charge in [0.15, 0.2) is 0 Å². The van der Waals surface area contributed by atoms with Crippen LogP contribution in [0.3, 0.4) is 0 Å². The van der Waals surface area contributed by atoms with Crippen LogP contribution in [-0.4, -0.2) is 46.5 Å². The van der Waals surface area contributed by atoms with Gasteiger partial charge < -0.3 is 24.8 Å². The summed E-state index contributed by atoms with van der Waals surface area (Å²) in [5, 5.41) is 0. The molecule has 9 heteroatoms. The van der Waals surface area contributed by atoms with Crippen molar-refractivity contribution < 1.29 is 28.6 Å². The van der Waals surface area contributed by atoms with Gasteiger partial charge in [-0.15, -0.1) is 0 Å². The van der Waals surface area contributed by atoms with Crippen molar-refractivity contribution in [3.8, 4) is 5.75 Å². The second kappa shape index (κ2) is 10.4. The first kappa shape index (κ1) is 26.7. The topological polar surface area (TPSA) is 121 Å². The number of benzene rings is 2. The first-order valence-corrected chi connectivity index (χ1v) is 11.6. The standard InChI is InChI=1S/C27H33N3O6/c1-26(2,3)35-22(31)15-30-14-19-13-20(11-12-21(19)24(30)32)34-16-17-7-9-18(10-8-17)23(28)29-25(33)36-27(4,5)6/h7-13H,14-16H2,1-6H3,(H2,28,29,33). The van der Waals surface area contributed by atoms with Gasteiger partial charge in [0.25, 0.3) is 5.91 Å². The van der Waals surface area contributed by atoms with E-state index in [2.05, 4.69) is 4.99 Å². The SMILES string of the molecule is CC(C)(C)OC(=O)CN1Cc2cc(OCc3ccc(/C(N)=N/C(=O)OC(C)(C)C)cc3)ccc2C1=O. The minimum Gasteiger partial charge on any atom is -0.489 e. The van der Waals surface area contributed by atoms with Gasteiger partial charge in [-0.2, -0.15) is 4.99 Å². The highest BCUT2D eigenvalue weighted by molar-refractivity contribution is 6.02. The molecule has 0 fully saturated rings. The molecule has 0 unspecified atom stereocenters. The summed E-state index contributed by atoms with van der Waals surface area (Å²) in [5.41, 5.74) is 7.48. The summed E-state index contributed by atoms with van der Waals surface area (Å²) in [6.45, 7) is 11.1. The lowest BCUT2D eigenvalue weighted by Crippen LogP contribution is -2.35. The molecule has 2 aromatic rings. The van der Waals surface area contributed by atoms with E-state index in [4.69, 9.17) is 19.9 Å². The molecule has 0 bridgehead atoms. The van der Waals surface area contributed by atoms with E-state index in [1.807, 2.05) is 18.2 Å². The highest BCUT2D eigenvalue weighted by Crippen LogP contribution is 2.27. The summed E-state index contributed by atoms with van der Waals surface area (Å²) in [5.74, 6) is 0.0238. The first-order valence-electron chi connectivity index (χ1n) is 11.6. The molecular formula is C27H33N3O6. The summed E-state index contributed by atoms with van der Waals surface area (Å²) in [7, 11) is 0. The van der Waals surface area contributed by atoms with E-state index in [-0.39, 0.29) is 24.9 Å². The van der Waals surface area contributed by atoms with Crippen LogP contribution in [0.4, 0.5) is 4.79 Å². The van der Waals surface area contributed by atoms with Gasteiger partial charge in [-0.05, 0) is 70.9 Å². The van der Waals surface area contributed by atoms with Crippen molar-refractivity contribution in [3.05, 3.63) is 64.7 Å². The molecule has 2 amide bonds. The Bertz CT molecular complexity index is 1170. The lowest BCUT2D eigenvalue weighted by molar-refractivity contribution is -0.155. The molecule has 3 rings (SSSR count). The van der Waals surface area contributed by atoms with Crippen molar-refractivity contribution >= 4 is 23.8 Å². The summed E-state index contributed by atoms with van der Waals surface area (Å²) < 4.78 is 16.4. The molecule has 0 atom stereocenters. The van der Waals surface area contributed by atoms with Crippen LogP contribution in [0.5, 0.6) is 5.75 Å². The van der Waals surface area contributed by atoms with Crippen LogP contribution in [0.25, 0.3) is 0 Å². The summed E-state index contributed by atoms with van der Waals surface area (Å²) in [4.78, 5) is 41.9. The Morgan fingerprint density at radius 2 is 1.61 bits per heavy atom. The van der Waals surface area contributed by atoms with Gasteiger partial charge in [-0.25, -0.2) is 4.79 Å². The lowest BCUT2D eigenvalue weighted by Gasteiger charge is -2.22. The second-order valence-electron chi connectivity index (χ2n) is 10.5. The van der Waals surface area contributed by atoms with Gasteiger partial charge in [0.2, 0.25) is 0 Å². The Morgan fingerprint density at radius 3 is 2.22 bits per heavy atom. The number of carbonyl (C=O) groups is 3. The smallest absolute Gasteiger partial charge is 0.436 e. The third kappa shape index (κ3) is 7.56. The van der Waals surface area contributed by atoms with E-state index in [9.17, 15) is 14.4 Å². The molecule has 2 aromatic carbocycles.